The predicted octanol–water partition coefficient (Wildman–Crippen LogP) is 1.82. The van der Waals surface area contributed by atoms with Crippen LogP contribution in [0.15, 0.2) is 30.3 Å². The van der Waals surface area contributed by atoms with Gasteiger partial charge in [-0.1, -0.05) is 30.3 Å². The van der Waals surface area contributed by atoms with Gasteiger partial charge in [0.1, 0.15) is 5.82 Å². The molecule has 1 aliphatic rings. The molecule has 0 unspecified atom stereocenters. The zero-order valence-corrected chi connectivity index (χ0v) is 13.5. The standard InChI is InChI=1S/C17H23N5/c1-21(2)16-14-11-18-10-9-15(14)19-17(20-16)22(3)12-13-7-5-4-6-8-13/h4-8,18H,9-12H2,1-3H3. The third-order valence-electron chi connectivity index (χ3n) is 3.93. The zero-order chi connectivity index (χ0) is 15.5. The van der Waals surface area contributed by atoms with E-state index in [0.29, 0.717) is 0 Å². The van der Waals surface area contributed by atoms with Crippen LogP contribution in [-0.2, 0) is 19.5 Å². The first-order valence-electron chi connectivity index (χ1n) is 7.68. The molecule has 0 saturated carbocycles. The summed E-state index contributed by atoms with van der Waals surface area (Å²) in [7, 11) is 6.13. The highest BCUT2D eigenvalue weighted by Crippen LogP contribution is 2.25. The number of nitrogens with zero attached hydrogens (tertiary/aromatic N) is 4. The molecule has 1 N–H and O–H groups in total. The van der Waals surface area contributed by atoms with Crippen LogP contribution in [0, 0.1) is 0 Å². The second kappa shape index (κ2) is 6.32. The Hall–Kier alpha value is -2.14. The fourth-order valence-corrected chi connectivity index (χ4v) is 2.78. The SMILES string of the molecule is CN(C)c1nc(N(C)Cc2ccccc2)nc2c1CNCC2. The van der Waals surface area contributed by atoms with Gasteiger partial charge < -0.3 is 15.1 Å². The number of rotatable bonds is 4. The van der Waals surface area contributed by atoms with Gasteiger partial charge in [0.2, 0.25) is 5.95 Å². The summed E-state index contributed by atoms with van der Waals surface area (Å²) >= 11 is 0. The first-order chi connectivity index (χ1) is 10.6. The molecule has 3 rings (SSSR count). The lowest BCUT2D eigenvalue weighted by Crippen LogP contribution is -2.30. The molecule has 0 aliphatic carbocycles. The van der Waals surface area contributed by atoms with Crippen LogP contribution >= 0.6 is 0 Å². The van der Waals surface area contributed by atoms with E-state index in [2.05, 4.69) is 46.4 Å². The molecule has 0 bridgehead atoms. The fourth-order valence-electron chi connectivity index (χ4n) is 2.78. The van der Waals surface area contributed by atoms with E-state index in [1.54, 1.807) is 0 Å². The van der Waals surface area contributed by atoms with Crippen LogP contribution in [-0.4, -0.2) is 37.7 Å². The van der Waals surface area contributed by atoms with E-state index in [0.717, 1.165) is 37.8 Å². The average molecular weight is 297 g/mol. The van der Waals surface area contributed by atoms with Crippen molar-refractivity contribution in [2.75, 3.05) is 37.5 Å². The minimum Gasteiger partial charge on any atom is -0.362 e. The first-order valence-corrected chi connectivity index (χ1v) is 7.68. The van der Waals surface area contributed by atoms with Crippen molar-refractivity contribution in [1.82, 2.24) is 15.3 Å². The maximum absolute atomic E-state index is 4.80. The lowest BCUT2D eigenvalue weighted by atomic mass is 10.1. The van der Waals surface area contributed by atoms with Gasteiger partial charge in [-0.05, 0) is 5.56 Å². The van der Waals surface area contributed by atoms with Gasteiger partial charge in [-0.15, -0.1) is 0 Å². The molecular weight excluding hydrogens is 274 g/mol. The summed E-state index contributed by atoms with van der Waals surface area (Å²) < 4.78 is 0. The quantitative estimate of drug-likeness (QED) is 0.932. The number of anilines is 2. The van der Waals surface area contributed by atoms with Crippen molar-refractivity contribution in [2.45, 2.75) is 19.5 Å². The summed E-state index contributed by atoms with van der Waals surface area (Å²) in [6.45, 7) is 2.65. The lowest BCUT2D eigenvalue weighted by molar-refractivity contribution is 0.623. The van der Waals surface area contributed by atoms with Crippen LogP contribution in [0.1, 0.15) is 16.8 Å². The summed E-state index contributed by atoms with van der Waals surface area (Å²) in [5.41, 5.74) is 3.67. The van der Waals surface area contributed by atoms with E-state index in [4.69, 9.17) is 9.97 Å². The number of aromatic nitrogens is 2. The van der Waals surface area contributed by atoms with E-state index in [1.807, 2.05) is 20.2 Å². The number of benzene rings is 1. The Morgan fingerprint density at radius 1 is 1.09 bits per heavy atom. The molecule has 0 amide bonds. The summed E-state index contributed by atoms with van der Waals surface area (Å²) in [6.07, 6.45) is 0.963. The van der Waals surface area contributed by atoms with Crippen molar-refractivity contribution in [3.05, 3.63) is 47.2 Å². The highest BCUT2D eigenvalue weighted by Gasteiger charge is 2.20. The van der Waals surface area contributed by atoms with Crippen LogP contribution in [0.5, 0.6) is 0 Å². The van der Waals surface area contributed by atoms with E-state index in [-0.39, 0.29) is 0 Å². The Kier molecular flexibility index (Phi) is 4.24. The van der Waals surface area contributed by atoms with Gasteiger partial charge in [-0.2, -0.15) is 4.98 Å². The van der Waals surface area contributed by atoms with Crippen LogP contribution < -0.4 is 15.1 Å². The molecule has 0 atom stereocenters. The van der Waals surface area contributed by atoms with Crippen molar-refractivity contribution in [2.24, 2.45) is 0 Å². The number of hydrogen-bond donors (Lipinski definition) is 1. The van der Waals surface area contributed by atoms with E-state index >= 15 is 0 Å². The minimum absolute atomic E-state index is 0.799. The Morgan fingerprint density at radius 3 is 2.59 bits per heavy atom. The monoisotopic (exact) mass is 297 g/mol. The van der Waals surface area contributed by atoms with Gasteiger partial charge in [-0.3, -0.25) is 0 Å². The van der Waals surface area contributed by atoms with Gasteiger partial charge in [0.25, 0.3) is 0 Å². The van der Waals surface area contributed by atoms with Crippen molar-refractivity contribution in [3.8, 4) is 0 Å². The predicted molar refractivity (Wildman–Crippen MR) is 90.3 cm³/mol. The third kappa shape index (κ3) is 3.04. The fraction of sp³-hybridized carbons (Fsp3) is 0.412. The molecule has 5 heteroatoms. The van der Waals surface area contributed by atoms with Crippen LogP contribution in [0.3, 0.4) is 0 Å². The Bertz CT molecular complexity index is 639. The molecule has 5 nitrogen and oxygen atoms in total. The highest BCUT2D eigenvalue weighted by atomic mass is 15.3. The van der Waals surface area contributed by atoms with Crippen molar-refractivity contribution < 1.29 is 0 Å². The summed E-state index contributed by atoms with van der Waals surface area (Å²) in [5, 5.41) is 3.40. The summed E-state index contributed by atoms with van der Waals surface area (Å²) in [5.74, 6) is 1.82. The first kappa shape index (κ1) is 14.8. The Labute approximate surface area is 132 Å². The topological polar surface area (TPSA) is 44.3 Å². The Balaban J connectivity index is 1.91. The van der Waals surface area contributed by atoms with Crippen LogP contribution in [0.2, 0.25) is 0 Å². The number of nitrogens with one attached hydrogen (secondary N) is 1. The second-order valence-electron chi connectivity index (χ2n) is 5.94. The molecule has 0 spiro atoms. The molecule has 22 heavy (non-hydrogen) atoms. The zero-order valence-electron chi connectivity index (χ0n) is 13.5. The number of hydrogen-bond acceptors (Lipinski definition) is 5. The van der Waals surface area contributed by atoms with E-state index in [1.165, 1.54) is 16.8 Å². The average Bonchev–Trinajstić information content (AvgIpc) is 2.54. The highest BCUT2D eigenvalue weighted by molar-refractivity contribution is 5.53. The van der Waals surface area contributed by atoms with Gasteiger partial charge in [0, 0.05) is 52.8 Å². The number of fused-ring (bicyclic) bond motifs is 1. The van der Waals surface area contributed by atoms with Crippen LogP contribution in [0.4, 0.5) is 11.8 Å². The molecular formula is C17H23N5. The van der Waals surface area contributed by atoms with Gasteiger partial charge in [0.15, 0.2) is 0 Å². The van der Waals surface area contributed by atoms with Crippen molar-refractivity contribution in [1.29, 1.82) is 0 Å². The lowest BCUT2D eigenvalue weighted by Gasteiger charge is -2.26. The second-order valence-corrected chi connectivity index (χ2v) is 5.94. The molecule has 0 fully saturated rings. The summed E-state index contributed by atoms with van der Waals surface area (Å²) in [4.78, 5) is 13.8. The molecule has 1 aliphatic heterocycles. The van der Waals surface area contributed by atoms with Crippen LogP contribution in [0.25, 0.3) is 0 Å². The molecule has 2 aromatic rings. The molecule has 1 aromatic heterocycles. The van der Waals surface area contributed by atoms with Gasteiger partial charge >= 0.3 is 0 Å². The molecule has 2 heterocycles. The minimum atomic E-state index is 0.799. The summed E-state index contributed by atoms with van der Waals surface area (Å²) in [6, 6.07) is 10.4. The third-order valence-corrected chi connectivity index (χ3v) is 3.93. The van der Waals surface area contributed by atoms with Crippen molar-refractivity contribution >= 4 is 11.8 Å². The smallest absolute Gasteiger partial charge is 0.227 e. The molecule has 116 valence electrons. The molecule has 0 radical (unpaired) electrons. The van der Waals surface area contributed by atoms with Crippen molar-refractivity contribution in [3.63, 3.8) is 0 Å². The molecule has 1 aromatic carbocycles. The maximum atomic E-state index is 4.80. The van der Waals surface area contributed by atoms with E-state index < -0.39 is 0 Å². The maximum Gasteiger partial charge on any atom is 0.227 e. The molecule has 0 saturated heterocycles. The normalized spacial score (nSPS) is 13.6. The van der Waals surface area contributed by atoms with Gasteiger partial charge in [-0.25, -0.2) is 4.98 Å². The Morgan fingerprint density at radius 2 is 1.86 bits per heavy atom. The van der Waals surface area contributed by atoms with E-state index in [9.17, 15) is 0 Å². The van der Waals surface area contributed by atoms with Gasteiger partial charge in [0.05, 0.1) is 5.69 Å². The largest absolute Gasteiger partial charge is 0.362 e.